The Labute approximate surface area is 143 Å². The van der Waals surface area contributed by atoms with E-state index < -0.39 is 0 Å². The second-order valence-corrected chi connectivity index (χ2v) is 5.16. The molecule has 0 N–H and O–H groups in total. The lowest BCUT2D eigenvalue weighted by Gasteiger charge is -2.16. The summed E-state index contributed by atoms with van der Waals surface area (Å²) >= 11 is 0. The van der Waals surface area contributed by atoms with Gasteiger partial charge in [-0.15, -0.1) is 0 Å². The van der Waals surface area contributed by atoms with E-state index in [2.05, 4.69) is 74.5 Å². The van der Waals surface area contributed by atoms with E-state index in [1.165, 1.54) is 11.1 Å². The van der Waals surface area contributed by atoms with Crippen LogP contribution in [0.15, 0.2) is 60.7 Å². The minimum Gasteiger partial charge on any atom is -0.380 e. The standard InChI is InChI=1S/C18H22O.2C2H6/c1-15(17-9-5-3-6-10-17)13-19-14-16(2)18-11-7-4-8-12-18;2*1-2/h3-12,15-16H,13-14H2,1-2H3;2*1-2H3. The normalized spacial score (nSPS) is 12.1. The Kier molecular flexibility index (Phi) is 13.0. The van der Waals surface area contributed by atoms with Crippen LogP contribution in [0.25, 0.3) is 0 Å². The van der Waals surface area contributed by atoms with Crippen molar-refractivity contribution in [2.75, 3.05) is 13.2 Å². The minimum absolute atomic E-state index is 0.448. The van der Waals surface area contributed by atoms with Crippen molar-refractivity contribution in [3.05, 3.63) is 71.8 Å². The number of hydrogen-bond donors (Lipinski definition) is 0. The average Bonchev–Trinajstić information content (AvgIpc) is 2.66. The molecule has 1 heteroatoms. The number of benzene rings is 2. The summed E-state index contributed by atoms with van der Waals surface area (Å²) in [7, 11) is 0. The maximum atomic E-state index is 5.87. The third kappa shape index (κ3) is 8.56. The fourth-order valence-electron chi connectivity index (χ4n) is 2.18. The molecule has 2 atom stereocenters. The predicted octanol–water partition coefficient (Wildman–Crippen LogP) is 6.66. The van der Waals surface area contributed by atoms with Gasteiger partial charge in [0.15, 0.2) is 0 Å². The van der Waals surface area contributed by atoms with Gasteiger partial charge in [0.05, 0.1) is 13.2 Å². The highest BCUT2D eigenvalue weighted by molar-refractivity contribution is 5.19. The average molecular weight is 315 g/mol. The quantitative estimate of drug-likeness (QED) is 0.579. The Morgan fingerprint density at radius 1 is 0.609 bits per heavy atom. The molecular formula is C22H34O. The molecule has 0 aromatic heterocycles. The molecule has 1 nitrogen and oxygen atoms in total. The zero-order valence-corrected chi connectivity index (χ0v) is 15.8. The van der Waals surface area contributed by atoms with Crippen LogP contribution in [0.2, 0.25) is 0 Å². The van der Waals surface area contributed by atoms with Gasteiger partial charge in [0.25, 0.3) is 0 Å². The fourth-order valence-corrected chi connectivity index (χ4v) is 2.18. The first kappa shape index (κ1) is 21.4. The van der Waals surface area contributed by atoms with Crippen molar-refractivity contribution in [2.45, 2.75) is 53.4 Å². The molecule has 0 fully saturated rings. The van der Waals surface area contributed by atoms with E-state index in [4.69, 9.17) is 4.74 Å². The Morgan fingerprint density at radius 3 is 1.22 bits per heavy atom. The minimum atomic E-state index is 0.448. The highest BCUT2D eigenvalue weighted by Crippen LogP contribution is 2.18. The molecular weight excluding hydrogens is 280 g/mol. The number of ether oxygens (including phenoxy) is 1. The van der Waals surface area contributed by atoms with Crippen molar-refractivity contribution in [1.29, 1.82) is 0 Å². The number of hydrogen-bond acceptors (Lipinski definition) is 1. The first-order chi connectivity index (χ1) is 11.3. The summed E-state index contributed by atoms with van der Waals surface area (Å²) in [6, 6.07) is 21.1. The molecule has 0 saturated carbocycles. The second-order valence-electron chi connectivity index (χ2n) is 5.16. The van der Waals surface area contributed by atoms with Crippen LogP contribution in [-0.2, 0) is 4.74 Å². The molecule has 0 amide bonds. The van der Waals surface area contributed by atoms with Gasteiger partial charge in [-0.3, -0.25) is 0 Å². The van der Waals surface area contributed by atoms with Gasteiger partial charge >= 0.3 is 0 Å². The number of rotatable bonds is 6. The lowest BCUT2D eigenvalue weighted by Crippen LogP contribution is -2.09. The van der Waals surface area contributed by atoms with Crippen LogP contribution < -0.4 is 0 Å². The van der Waals surface area contributed by atoms with Crippen LogP contribution in [0, 0.1) is 0 Å². The van der Waals surface area contributed by atoms with E-state index >= 15 is 0 Å². The first-order valence-corrected chi connectivity index (χ1v) is 8.95. The summed E-state index contributed by atoms with van der Waals surface area (Å²) in [4.78, 5) is 0. The molecule has 2 unspecified atom stereocenters. The largest absolute Gasteiger partial charge is 0.380 e. The van der Waals surface area contributed by atoms with Gasteiger partial charge in [-0.2, -0.15) is 0 Å². The zero-order valence-electron chi connectivity index (χ0n) is 15.8. The van der Waals surface area contributed by atoms with Crippen LogP contribution >= 0.6 is 0 Å². The van der Waals surface area contributed by atoms with Crippen molar-refractivity contribution in [1.82, 2.24) is 0 Å². The Hall–Kier alpha value is -1.60. The Morgan fingerprint density at radius 2 is 0.913 bits per heavy atom. The van der Waals surface area contributed by atoms with Crippen molar-refractivity contribution >= 4 is 0 Å². The molecule has 128 valence electrons. The lowest BCUT2D eigenvalue weighted by atomic mass is 10.0. The van der Waals surface area contributed by atoms with Crippen LogP contribution in [0.5, 0.6) is 0 Å². The van der Waals surface area contributed by atoms with E-state index in [1.807, 2.05) is 27.7 Å². The van der Waals surface area contributed by atoms with Crippen LogP contribution in [0.3, 0.4) is 0 Å². The summed E-state index contributed by atoms with van der Waals surface area (Å²) < 4.78 is 5.87. The maximum Gasteiger partial charge on any atom is 0.0532 e. The van der Waals surface area contributed by atoms with Crippen molar-refractivity contribution in [3.8, 4) is 0 Å². The van der Waals surface area contributed by atoms with Gasteiger partial charge in [0.2, 0.25) is 0 Å². The summed E-state index contributed by atoms with van der Waals surface area (Å²) in [5.41, 5.74) is 2.68. The molecule has 0 radical (unpaired) electrons. The van der Waals surface area contributed by atoms with Crippen LogP contribution in [0.4, 0.5) is 0 Å². The van der Waals surface area contributed by atoms with Crippen LogP contribution in [-0.4, -0.2) is 13.2 Å². The molecule has 2 aromatic carbocycles. The van der Waals surface area contributed by atoms with Crippen LogP contribution in [0.1, 0.15) is 64.5 Å². The molecule has 2 rings (SSSR count). The summed E-state index contributed by atoms with van der Waals surface area (Å²) in [5, 5.41) is 0. The molecule has 2 aromatic rings. The molecule has 0 aliphatic rings. The first-order valence-electron chi connectivity index (χ1n) is 8.95. The van der Waals surface area contributed by atoms with E-state index in [-0.39, 0.29) is 0 Å². The van der Waals surface area contributed by atoms with Gasteiger partial charge < -0.3 is 4.74 Å². The Balaban J connectivity index is 0.00000112. The molecule has 0 spiro atoms. The lowest BCUT2D eigenvalue weighted by molar-refractivity contribution is 0.113. The van der Waals surface area contributed by atoms with Gasteiger partial charge in [-0.05, 0) is 11.1 Å². The monoisotopic (exact) mass is 314 g/mol. The molecule has 0 aliphatic carbocycles. The van der Waals surface area contributed by atoms with E-state index in [1.54, 1.807) is 0 Å². The topological polar surface area (TPSA) is 9.23 Å². The zero-order chi connectivity index (χ0) is 17.5. The molecule has 0 bridgehead atoms. The summed E-state index contributed by atoms with van der Waals surface area (Å²) in [6.45, 7) is 14.0. The van der Waals surface area contributed by atoms with E-state index in [0.29, 0.717) is 11.8 Å². The fraction of sp³-hybridized carbons (Fsp3) is 0.455. The van der Waals surface area contributed by atoms with Gasteiger partial charge in [0.1, 0.15) is 0 Å². The van der Waals surface area contributed by atoms with Gasteiger partial charge in [-0.1, -0.05) is 102 Å². The third-order valence-electron chi connectivity index (χ3n) is 3.47. The molecule has 23 heavy (non-hydrogen) atoms. The predicted molar refractivity (Wildman–Crippen MR) is 103 cm³/mol. The highest BCUT2D eigenvalue weighted by atomic mass is 16.5. The molecule has 0 saturated heterocycles. The van der Waals surface area contributed by atoms with Crippen molar-refractivity contribution < 1.29 is 4.74 Å². The SMILES string of the molecule is CC.CC.CC(COCC(C)c1ccccc1)c1ccccc1. The van der Waals surface area contributed by atoms with Gasteiger partial charge in [-0.25, -0.2) is 0 Å². The Bertz CT molecular complexity index is 418. The third-order valence-corrected chi connectivity index (χ3v) is 3.47. The smallest absolute Gasteiger partial charge is 0.0532 e. The maximum absolute atomic E-state index is 5.87. The van der Waals surface area contributed by atoms with Crippen molar-refractivity contribution in [2.24, 2.45) is 0 Å². The molecule has 0 heterocycles. The highest BCUT2D eigenvalue weighted by Gasteiger charge is 2.08. The second kappa shape index (κ2) is 14.0. The van der Waals surface area contributed by atoms with E-state index in [0.717, 1.165) is 13.2 Å². The van der Waals surface area contributed by atoms with E-state index in [9.17, 15) is 0 Å². The van der Waals surface area contributed by atoms with Crippen molar-refractivity contribution in [3.63, 3.8) is 0 Å². The molecule has 0 aliphatic heterocycles. The van der Waals surface area contributed by atoms with Gasteiger partial charge in [0, 0.05) is 11.8 Å². The summed E-state index contributed by atoms with van der Waals surface area (Å²) in [6.07, 6.45) is 0. The summed E-state index contributed by atoms with van der Waals surface area (Å²) in [5.74, 6) is 0.897.